The average Bonchev–Trinajstić information content (AvgIpc) is 2.91. The molecule has 4 nitrogen and oxygen atoms in total. The quantitative estimate of drug-likeness (QED) is 0.792. The normalized spacial score (nSPS) is 18.0. The molecule has 1 aromatic carbocycles. The third kappa shape index (κ3) is 5.55. The first-order chi connectivity index (χ1) is 10.1. The number of carbonyl (C=O) groups is 1. The molecule has 1 saturated heterocycles. The number of benzene rings is 1. The fourth-order valence-electron chi connectivity index (χ4n) is 2.22. The minimum atomic E-state index is -0.201. The minimum Gasteiger partial charge on any atom is -0.338 e. The molecule has 1 unspecified atom stereocenters. The zero-order chi connectivity index (χ0) is 15.1. The summed E-state index contributed by atoms with van der Waals surface area (Å²) in [5.74, 6) is 1.64. The number of halogens is 1. The van der Waals surface area contributed by atoms with Crippen molar-refractivity contribution < 1.29 is 9.18 Å². The number of thioether (sulfide) groups is 1. The molecule has 1 aliphatic rings. The summed E-state index contributed by atoms with van der Waals surface area (Å²) in [6.45, 7) is 2.10. The molecule has 0 aliphatic carbocycles. The molecule has 21 heavy (non-hydrogen) atoms. The summed E-state index contributed by atoms with van der Waals surface area (Å²) in [5, 5.41) is 2.92. The van der Waals surface area contributed by atoms with Crippen molar-refractivity contribution in [2.45, 2.75) is 24.6 Å². The highest BCUT2D eigenvalue weighted by Gasteiger charge is 2.22. The van der Waals surface area contributed by atoms with Crippen molar-refractivity contribution in [1.82, 2.24) is 10.2 Å². The number of nitrogens with two attached hydrogens (primary N) is 1. The molecular weight excluding hydrogens is 289 g/mol. The van der Waals surface area contributed by atoms with E-state index >= 15 is 0 Å². The van der Waals surface area contributed by atoms with Crippen LogP contribution in [0.15, 0.2) is 24.3 Å². The van der Waals surface area contributed by atoms with Gasteiger partial charge >= 0.3 is 6.03 Å². The molecule has 1 heterocycles. The topological polar surface area (TPSA) is 58.4 Å². The predicted molar refractivity (Wildman–Crippen MR) is 84.7 cm³/mol. The summed E-state index contributed by atoms with van der Waals surface area (Å²) in [6.07, 6.45) is 1.82. The Balaban J connectivity index is 1.52. The standard InChI is InChI=1S/C15H22FN3OS/c16-13-4-2-12(3-5-13)11-21-9-1-7-18-15(20)19-8-6-14(17)10-19/h2-5,14H,1,6-11,17H2,(H,18,20). The Bertz CT molecular complexity index is 455. The number of hydrogen-bond donors (Lipinski definition) is 2. The van der Waals surface area contributed by atoms with E-state index < -0.39 is 0 Å². The highest BCUT2D eigenvalue weighted by molar-refractivity contribution is 7.98. The number of amides is 2. The molecule has 0 spiro atoms. The highest BCUT2D eigenvalue weighted by Crippen LogP contribution is 2.13. The molecule has 1 atom stereocenters. The summed E-state index contributed by atoms with van der Waals surface area (Å²) in [7, 11) is 0. The van der Waals surface area contributed by atoms with Gasteiger partial charge in [0.05, 0.1) is 0 Å². The van der Waals surface area contributed by atoms with Crippen molar-refractivity contribution in [3.05, 3.63) is 35.6 Å². The lowest BCUT2D eigenvalue weighted by atomic mass is 10.2. The van der Waals surface area contributed by atoms with E-state index in [-0.39, 0.29) is 17.9 Å². The van der Waals surface area contributed by atoms with Gasteiger partial charge in [-0.2, -0.15) is 11.8 Å². The number of nitrogens with zero attached hydrogens (tertiary/aromatic N) is 1. The molecule has 0 aromatic heterocycles. The van der Waals surface area contributed by atoms with Gasteiger partial charge in [-0.05, 0) is 36.3 Å². The maximum atomic E-state index is 12.7. The van der Waals surface area contributed by atoms with Gasteiger partial charge in [-0.3, -0.25) is 0 Å². The molecule has 116 valence electrons. The first kappa shape index (κ1) is 16.1. The van der Waals surface area contributed by atoms with Crippen LogP contribution >= 0.6 is 11.8 Å². The van der Waals surface area contributed by atoms with Gasteiger partial charge in [-0.25, -0.2) is 9.18 Å². The zero-order valence-corrected chi connectivity index (χ0v) is 12.9. The van der Waals surface area contributed by atoms with Crippen molar-refractivity contribution in [2.75, 3.05) is 25.4 Å². The van der Waals surface area contributed by atoms with Crippen LogP contribution < -0.4 is 11.1 Å². The Morgan fingerprint density at radius 1 is 1.43 bits per heavy atom. The van der Waals surface area contributed by atoms with E-state index in [1.807, 2.05) is 0 Å². The van der Waals surface area contributed by atoms with Crippen molar-refractivity contribution in [2.24, 2.45) is 5.73 Å². The largest absolute Gasteiger partial charge is 0.338 e. The van der Waals surface area contributed by atoms with Crippen LogP contribution in [-0.2, 0) is 5.75 Å². The van der Waals surface area contributed by atoms with Crippen LogP contribution in [0, 0.1) is 5.82 Å². The van der Waals surface area contributed by atoms with Crippen molar-refractivity contribution in [3.8, 4) is 0 Å². The number of likely N-dealkylation sites (tertiary alicyclic amines) is 1. The van der Waals surface area contributed by atoms with E-state index in [1.165, 1.54) is 12.1 Å². The van der Waals surface area contributed by atoms with E-state index in [0.29, 0.717) is 13.1 Å². The first-order valence-corrected chi connectivity index (χ1v) is 8.41. The summed E-state index contributed by atoms with van der Waals surface area (Å²) in [4.78, 5) is 13.6. The van der Waals surface area contributed by atoms with Gasteiger partial charge in [0.25, 0.3) is 0 Å². The zero-order valence-electron chi connectivity index (χ0n) is 12.1. The number of nitrogens with one attached hydrogen (secondary N) is 1. The second-order valence-electron chi connectivity index (χ2n) is 5.26. The molecule has 6 heteroatoms. The SMILES string of the molecule is NC1CCN(C(=O)NCCCSCc2ccc(F)cc2)C1. The average molecular weight is 311 g/mol. The smallest absolute Gasteiger partial charge is 0.317 e. The number of rotatable bonds is 6. The molecule has 1 fully saturated rings. The van der Waals surface area contributed by atoms with E-state index in [1.54, 1.807) is 28.8 Å². The lowest BCUT2D eigenvalue weighted by Crippen LogP contribution is -2.40. The fourth-order valence-corrected chi connectivity index (χ4v) is 3.14. The maximum absolute atomic E-state index is 12.7. The van der Waals surface area contributed by atoms with E-state index in [4.69, 9.17) is 5.73 Å². The number of carbonyl (C=O) groups excluding carboxylic acids is 1. The Labute approximate surface area is 129 Å². The van der Waals surface area contributed by atoms with E-state index in [2.05, 4.69) is 5.32 Å². The van der Waals surface area contributed by atoms with Gasteiger partial charge in [0.15, 0.2) is 0 Å². The van der Waals surface area contributed by atoms with Crippen LogP contribution in [0.4, 0.5) is 9.18 Å². The lowest BCUT2D eigenvalue weighted by Gasteiger charge is -2.16. The Morgan fingerprint density at radius 3 is 2.86 bits per heavy atom. The van der Waals surface area contributed by atoms with Crippen molar-refractivity contribution in [3.63, 3.8) is 0 Å². The molecule has 0 radical (unpaired) electrons. The summed E-state index contributed by atoms with van der Waals surface area (Å²) >= 11 is 1.79. The van der Waals surface area contributed by atoms with Gasteiger partial charge < -0.3 is 16.0 Å². The predicted octanol–water partition coefficient (Wildman–Crippen LogP) is 2.19. The molecule has 2 rings (SSSR count). The Morgan fingerprint density at radius 2 is 2.19 bits per heavy atom. The van der Waals surface area contributed by atoms with Crippen molar-refractivity contribution >= 4 is 17.8 Å². The third-order valence-corrected chi connectivity index (χ3v) is 4.55. The molecule has 0 saturated carbocycles. The molecular formula is C15H22FN3OS. The van der Waals surface area contributed by atoms with Gasteiger partial charge in [0.1, 0.15) is 5.82 Å². The third-order valence-electron chi connectivity index (χ3n) is 3.44. The summed E-state index contributed by atoms with van der Waals surface area (Å²) in [6, 6.07) is 6.70. The van der Waals surface area contributed by atoms with Crippen LogP contribution in [0.25, 0.3) is 0 Å². The van der Waals surface area contributed by atoms with Crippen LogP contribution in [0.2, 0.25) is 0 Å². The van der Waals surface area contributed by atoms with Gasteiger partial charge in [0.2, 0.25) is 0 Å². The van der Waals surface area contributed by atoms with Crippen LogP contribution in [-0.4, -0.2) is 42.4 Å². The first-order valence-electron chi connectivity index (χ1n) is 7.25. The van der Waals surface area contributed by atoms with Gasteiger partial charge in [-0.15, -0.1) is 0 Å². The van der Waals surface area contributed by atoms with Crippen LogP contribution in [0.3, 0.4) is 0 Å². The molecule has 1 aliphatic heterocycles. The van der Waals surface area contributed by atoms with Gasteiger partial charge in [0, 0.05) is 31.4 Å². The molecule has 1 aromatic rings. The lowest BCUT2D eigenvalue weighted by molar-refractivity contribution is 0.208. The van der Waals surface area contributed by atoms with Crippen LogP contribution in [0.5, 0.6) is 0 Å². The van der Waals surface area contributed by atoms with E-state index in [0.717, 1.165) is 36.5 Å². The maximum Gasteiger partial charge on any atom is 0.317 e. The monoisotopic (exact) mass is 311 g/mol. The van der Waals surface area contributed by atoms with E-state index in [9.17, 15) is 9.18 Å². The summed E-state index contributed by atoms with van der Waals surface area (Å²) < 4.78 is 12.7. The second-order valence-corrected chi connectivity index (χ2v) is 6.36. The molecule has 3 N–H and O–H groups in total. The van der Waals surface area contributed by atoms with Gasteiger partial charge in [-0.1, -0.05) is 12.1 Å². The fraction of sp³-hybridized carbons (Fsp3) is 0.533. The summed E-state index contributed by atoms with van der Waals surface area (Å²) in [5.41, 5.74) is 6.90. The highest BCUT2D eigenvalue weighted by atomic mass is 32.2. The molecule has 0 bridgehead atoms. The Hall–Kier alpha value is -1.27. The number of urea groups is 1. The van der Waals surface area contributed by atoms with Crippen molar-refractivity contribution in [1.29, 1.82) is 0 Å². The van der Waals surface area contributed by atoms with Crippen LogP contribution in [0.1, 0.15) is 18.4 Å². The minimum absolute atomic E-state index is 0.00788. The Kier molecular flexibility index (Phi) is 6.32. The second kappa shape index (κ2) is 8.24. The molecule has 2 amide bonds. The number of hydrogen-bond acceptors (Lipinski definition) is 3.